The summed E-state index contributed by atoms with van der Waals surface area (Å²) in [4.78, 5) is 24.1. The van der Waals surface area contributed by atoms with E-state index in [2.05, 4.69) is 5.32 Å². The van der Waals surface area contributed by atoms with Gasteiger partial charge >= 0.3 is 12.1 Å². The van der Waals surface area contributed by atoms with Crippen LogP contribution >= 0.6 is 0 Å². The van der Waals surface area contributed by atoms with Crippen LogP contribution in [0, 0.1) is 0 Å². The highest BCUT2D eigenvalue weighted by molar-refractivity contribution is 5.95. The van der Waals surface area contributed by atoms with E-state index in [-0.39, 0.29) is 18.2 Å². The van der Waals surface area contributed by atoms with Crippen LogP contribution in [0.2, 0.25) is 0 Å². The van der Waals surface area contributed by atoms with Crippen LogP contribution in [0.3, 0.4) is 0 Å². The maximum atomic E-state index is 12.6. The first-order valence-corrected chi connectivity index (χ1v) is 8.97. The largest absolute Gasteiger partial charge is 0.482 e. The smallest absolute Gasteiger partial charge is 0.416 e. The average molecular weight is 409 g/mol. The van der Waals surface area contributed by atoms with E-state index >= 15 is 0 Å². The van der Waals surface area contributed by atoms with Gasteiger partial charge in [0.2, 0.25) is 0 Å². The molecule has 29 heavy (non-hydrogen) atoms. The summed E-state index contributed by atoms with van der Waals surface area (Å²) in [7, 11) is 0. The molecule has 5 nitrogen and oxygen atoms in total. The van der Waals surface area contributed by atoms with Gasteiger partial charge in [-0.05, 0) is 48.7 Å². The molecule has 2 aromatic rings. The Balaban J connectivity index is 1.87. The zero-order valence-electron chi connectivity index (χ0n) is 16.2. The van der Waals surface area contributed by atoms with Gasteiger partial charge in [-0.3, -0.25) is 4.79 Å². The van der Waals surface area contributed by atoms with Gasteiger partial charge in [-0.15, -0.1) is 0 Å². The van der Waals surface area contributed by atoms with Gasteiger partial charge < -0.3 is 14.8 Å². The molecule has 0 fully saturated rings. The van der Waals surface area contributed by atoms with E-state index in [4.69, 9.17) is 9.47 Å². The molecule has 0 spiro atoms. The normalized spacial score (nSPS) is 12.4. The van der Waals surface area contributed by atoms with Crippen LogP contribution in [0.15, 0.2) is 48.5 Å². The van der Waals surface area contributed by atoms with Gasteiger partial charge in [0.1, 0.15) is 5.75 Å². The second kappa shape index (κ2) is 9.45. The number of anilines is 1. The molecule has 8 heteroatoms. The van der Waals surface area contributed by atoms with Crippen LogP contribution in [0.1, 0.15) is 37.8 Å². The molecule has 1 atom stereocenters. The number of hydrogen-bond acceptors (Lipinski definition) is 4. The molecule has 0 aliphatic heterocycles. The number of amides is 1. The molecule has 0 aromatic heterocycles. The number of nitrogens with one attached hydrogen (secondary N) is 1. The maximum Gasteiger partial charge on any atom is 0.416 e. The summed E-state index contributed by atoms with van der Waals surface area (Å²) in [5.41, 5.74) is 0.273. The van der Waals surface area contributed by atoms with E-state index in [1.165, 1.54) is 6.92 Å². The van der Waals surface area contributed by atoms with E-state index in [1.807, 2.05) is 26.0 Å². The zero-order valence-corrected chi connectivity index (χ0v) is 16.2. The number of benzene rings is 2. The number of para-hydroxylation sites is 1. The summed E-state index contributed by atoms with van der Waals surface area (Å²) in [6.07, 6.45) is -5.60. The minimum Gasteiger partial charge on any atom is -0.482 e. The summed E-state index contributed by atoms with van der Waals surface area (Å²) in [5.74, 6) is -0.642. The molecule has 2 aromatic carbocycles. The number of carbonyl (C=O) groups excluding carboxylic acids is 2. The second-order valence-corrected chi connectivity index (χ2v) is 6.68. The Labute approximate surface area is 166 Å². The predicted octanol–water partition coefficient (Wildman–Crippen LogP) is 4.78. The molecular weight excluding hydrogens is 387 g/mol. The van der Waals surface area contributed by atoms with Crippen LogP contribution in [0.4, 0.5) is 18.9 Å². The number of ether oxygens (including phenoxy) is 2. The van der Waals surface area contributed by atoms with Gasteiger partial charge in [0, 0.05) is 5.69 Å². The highest BCUT2D eigenvalue weighted by Gasteiger charge is 2.30. The van der Waals surface area contributed by atoms with Crippen molar-refractivity contribution in [2.45, 2.75) is 39.0 Å². The number of alkyl halides is 3. The number of rotatable bonds is 7. The van der Waals surface area contributed by atoms with E-state index in [0.717, 1.165) is 29.8 Å². The molecule has 0 heterocycles. The topological polar surface area (TPSA) is 64.6 Å². The Morgan fingerprint density at radius 3 is 2.21 bits per heavy atom. The Kier molecular flexibility index (Phi) is 7.25. The van der Waals surface area contributed by atoms with E-state index in [9.17, 15) is 22.8 Å². The molecule has 1 amide bonds. The fourth-order valence-electron chi connectivity index (χ4n) is 2.50. The predicted molar refractivity (Wildman–Crippen MR) is 102 cm³/mol. The van der Waals surface area contributed by atoms with Gasteiger partial charge in [0.25, 0.3) is 5.91 Å². The Morgan fingerprint density at radius 1 is 1.00 bits per heavy atom. The standard InChI is InChI=1S/C21H22F3NO4/c1-13(2)17-6-4-5-7-18(17)28-12-19(26)29-14(3)20(27)25-16-10-8-15(9-11-16)21(22,23)24/h4-11,13-14H,12H2,1-3H3,(H,25,27)/t14-/m0/s1. The fraction of sp³-hybridized carbons (Fsp3) is 0.333. The zero-order chi connectivity index (χ0) is 21.6. The molecule has 0 saturated carbocycles. The second-order valence-electron chi connectivity index (χ2n) is 6.68. The average Bonchev–Trinajstić information content (AvgIpc) is 2.66. The Hall–Kier alpha value is -3.03. The first-order valence-electron chi connectivity index (χ1n) is 8.97. The molecule has 0 bridgehead atoms. The molecular formula is C21H22F3NO4. The van der Waals surface area contributed by atoms with Crippen molar-refractivity contribution in [2.75, 3.05) is 11.9 Å². The lowest BCUT2D eigenvalue weighted by Gasteiger charge is -2.16. The van der Waals surface area contributed by atoms with Gasteiger partial charge in [0.05, 0.1) is 5.56 Å². The lowest BCUT2D eigenvalue weighted by atomic mass is 10.0. The fourth-order valence-corrected chi connectivity index (χ4v) is 2.50. The SMILES string of the molecule is CC(C)c1ccccc1OCC(=O)O[C@@H](C)C(=O)Nc1ccc(C(F)(F)F)cc1. The molecule has 0 saturated heterocycles. The van der Waals surface area contributed by atoms with Crippen LogP contribution < -0.4 is 10.1 Å². The number of halogens is 3. The molecule has 1 N–H and O–H groups in total. The summed E-state index contributed by atoms with van der Waals surface area (Å²) in [6, 6.07) is 11.2. The summed E-state index contributed by atoms with van der Waals surface area (Å²) < 4.78 is 48.2. The van der Waals surface area contributed by atoms with Crippen molar-refractivity contribution in [3.63, 3.8) is 0 Å². The lowest BCUT2D eigenvalue weighted by molar-refractivity contribution is -0.155. The monoisotopic (exact) mass is 409 g/mol. The van der Waals surface area contributed by atoms with Gasteiger partial charge in [-0.2, -0.15) is 13.2 Å². The van der Waals surface area contributed by atoms with Crippen LogP contribution in [-0.2, 0) is 20.5 Å². The quantitative estimate of drug-likeness (QED) is 0.669. The van der Waals surface area contributed by atoms with Crippen molar-refractivity contribution in [1.29, 1.82) is 0 Å². The van der Waals surface area contributed by atoms with Crippen LogP contribution in [-0.4, -0.2) is 24.6 Å². The Bertz CT molecular complexity index is 848. The van der Waals surface area contributed by atoms with Crippen LogP contribution in [0.25, 0.3) is 0 Å². The third kappa shape index (κ3) is 6.51. The van der Waals surface area contributed by atoms with Crippen molar-refractivity contribution in [3.05, 3.63) is 59.7 Å². The van der Waals surface area contributed by atoms with Gasteiger partial charge in [-0.1, -0.05) is 32.0 Å². The van der Waals surface area contributed by atoms with E-state index in [1.54, 1.807) is 12.1 Å². The lowest BCUT2D eigenvalue weighted by Crippen LogP contribution is -2.31. The van der Waals surface area contributed by atoms with Crippen molar-refractivity contribution in [3.8, 4) is 5.75 Å². The van der Waals surface area contributed by atoms with Crippen LogP contribution in [0.5, 0.6) is 5.75 Å². The minimum absolute atomic E-state index is 0.160. The first-order chi connectivity index (χ1) is 13.6. The van der Waals surface area contributed by atoms with Crippen molar-refractivity contribution < 1.29 is 32.2 Å². The summed E-state index contributed by atoms with van der Waals surface area (Å²) in [6.45, 7) is 4.98. The maximum absolute atomic E-state index is 12.6. The summed E-state index contributed by atoms with van der Waals surface area (Å²) in [5, 5.41) is 2.40. The molecule has 0 unspecified atom stereocenters. The Morgan fingerprint density at radius 2 is 1.62 bits per heavy atom. The first kappa shape index (κ1) is 22.3. The molecule has 0 aliphatic rings. The molecule has 0 aliphatic carbocycles. The van der Waals surface area contributed by atoms with Gasteiger partial charge in [-0.25, -0.2) is 4.79 Å². The van der Waals surface area contributed by atoms with Crippen molar-refractivity contribution in [2.24, 2.45) is 0 Å². The molecule has 2 rings (SSSR count). The van der Waals surface area contributed by atoms with Gasteiger partial charge in [0.15, 0.2) is 12.7 Å². The van der Waals surface area contributed by atoms with E-state index < -0.39 is 29.7 Å². The highest BCUT2D eigenvalue weighted by atomic mass is 19.4. The van der Waals surface area contributed by atoms with E-state index in [0.29, 0.717) is 5.75 Å². The molecule has 0 radical (unpaired) electrons. The minimum atomic E-state index is -4.46. The number of esters is 1. The highest BCUT2D eigenvalue weighted by Crippen LogP contribution is 2.30. The molecule has 156 valence electrons. The number of carbonyl (C=O) groups is 2. The summed E-state index contributed by atoms with van der Waals surface area (Å²) >= 11 is 0. The third-order valence-electron chi connectivity index (χ3n) is 4.04. The van der Waals surface area contributed by atoms with Crippen molar-refractivity contribution in [1.82, 2.24) is 0 Å². The third-order valence-corrected chi connectivity index (χ3v) is 4.04. The van der Waals surface area contributed by atoms with Crippen molar-refractivity contribution >= 4 is 17.6 Å². The number of hydrogen-bond donors (Lipinski definition) is 1.